The Hall–Kier alpha value is -1.62. The standard InChI is InChI=1S/C23H34N4O4S2/c1-3-27-21-10-9-19(33(29,30)26-11-13-31-14-12-26)15-20(21)25-23(27)32-17(2)22(28)24-16-18-7-5-4-6-8-18/h9-10,15,17-18H,3-8,11-14,16H2,1-2H3,(H,24,28)/t17-/m0/s1. The van der Waals surface area contributed by atoms with Gasteiger partial charge in [-0.05, 0) is 50.8 Å². The molecule has 1 aromatic heterocycles. The molecule has 182 valence electrons. The van der Waals surface area contributed by atoms with Crippen LogP contribution in [0.5, 0.6) is 0 Å². The molecular formula is C23H34N4O4S2. The Balaban J connectivity index is 1.48. The average molecular weight is 495 g/mol. The molecule has 1 aliphatic heterocycles. The molecule has 0 unspecified atom stereocenters. The van der Waals surface area contributed by atoms with Crippen LogP contribution in [-0.2, 0) is 26.1 Å². The van der Waals surface area contributed by atoms with E-state index in [1.54, 1.807) is 12.1 Å². The van der Waals surface area contributed by atoms with E-state index in [1.165, 1.54) is 48.2 Å². The molecule has 10 heteroatoms. The van der Waals surface area contributed by atoms with Crippen molar-refractivity contribution in [1.82, 2.24) is 19.2 Å². The summed E-state index contributed by atoms with van der Waals surface area (Å²) < 4.78 is 34.9. The fourth-order valence-corrected chi connectivity index (χ4v) is 7.01. The second-order valence-electron chi connectivity index (χ2n) is 8.81. The number of sulfonamides is 1. The third kappa shape index (κ3) is 5.55. The van der Waals surface area contributed by atoms with E-state index in [1.807, 2.05) is 24.5 Å². The van der Waals surface area contributed by atoms with Crippen molar-refractivity contribution in [2.24, 2.45) is 5.92 Å². The Bertz CT molecular complexity index is 1070. The summed E-state index contributed by atoms with van der Waals surface area (Å²) in [5.41, 5.74) is 1.50. The van der Waals surface area contributed by atoms with Crippen LogP contribution in [0.15, 0.2) is 28.3 Å². The maximum atomic E-state index is 13.0. The molecule has 8 nitrogen and oxygen atoms in total. The average Bonchev–Trinajstić information content (AvgIpc) is 3.19. The van der Waals surface area contributed by atoms with Crippen molar-refractivity contribution >= 4 is 38.7 Å². The molecule has 1 amide bonds. The van der Waals surface area contributed by atoms with Gasteiger partial charge < -0.3 is 14.6 Å². The molecule has 2 heterocycles. The molecule has 4 rings (SSSR count). The van der Waals surface area contributed by atoms with Gasteiger partial charge in [-0.3, -0.25) is 4.79 Å². The number of thioether (sulfide) groups is 1. The van der Waals surface area contributed by atoms with Gasteiger partial charge in [0.1, 0.15) is 0 Å². The van der Waals surface area contributed by atoms with Gasteiger partial charge in [-0.1, -0.05) is 31.0 Å². The first-order valence-corrected chi connectivity index (χ1v) is 14.2. The highest BCUT2D eigenvalue weighted by molar-refractivity contribution is 8.00. The van der Waals surface area contributed by atoms with Gasteiger partial charge in [0.2, 0.25) is 15.9 Å². The molecule has 1 aliphatic carbocycles. The monoisotopic (exact) mass is 494 g/mol. The van der Waals surface area contributed by atoms with E-state index in [0.717, 1.165) is 17.2 Å². The van der Waals surface area contributed by atoms with Crippen LogP contribution < -0.4 is 5.32 Å². The number of carbonyl (C=O) groups is 1. The summed E-state index contributed by atoms with van der Waals surface area (Å²) in [6, 6.07) is 5.11. The molecule has 1 atom stereocenters. The van der Waals surface area contributed by atoms with E-state index >= 15 is 0 Å². The van der Waals surface area contributed by atoms with Gasteiger partial charge in [0, 0.05) is 26.2 Å². The lowest BCUT2D eigenvalue weighted by atomic mass is 9.89. The summed E-state index contributed by atoms with van der Waals surface area (Å²) in [6.45, 7) is 6.89. The highest BCUT2D eigenvalue weighted by atomic mass is 32.2. The predicted molar refractivity (Wildman–Crippen MR) is 130 cm³/mol. The molecule has 0 spiro atoms. The number of hydrogen-bond donors (Lipinski definition) is 1. The number of fused-ring (bicyclic) bond motifs is 1. The molecule has 1 aromatic carbocycles. The normalized spacial score (nSPS) is 19.6. The largest absolute Gasteiger partial charge is 0.379 e. The first-order chi connectivity index (χ1) is 15.9. The van der Waals surface area contributed by atoms with Crippen LogP contribution in [0, 0.1) is 5.92 Å². The molecular weight excluding hydrogens is 460 g/mol. The summed E-state index contributed by atoms with van der Waals surface area (Å²) in [6.07, 6.45) is 6.22. The Morgan fingerprint density at radius 1 is 1.24 bits per heavy atom. The van der Waals surface area contributed by atoms with E-state index < -0.39 is 10.0 Å². The predicted octanol–water partition coefficient (Wildman–Crippen LogP) is 3.25. The van der Waals surface area contributed by atoms with Crippen molar-refractivity contribution in [3.8, 4) is 0 Å². The molecule has 2 fully saturated rings. The lowest BCUT2D eigenvalue weighted by Crippen LogP contribution is -2.40. The summed E-state index contributed by atoms with van der Waals surface area (Å²) >= 11 is 1.42. The molecule has 0 radical (unpaired) electrons. The number of benzene rings is 1. The van der Waals surface area contributed by atoms with Gasteiger partial charge in [-0.15, -0.1) is 0 Å². The number of amides is 1. The van der Waals surface area contributed by atoms with Gasteiger partial charge in [-0.25, -0.2) is 13.4 Å². The third-order valence-electron chi connectivity index (χ3n) is 6.55. The SMILES string of the molecule is CCn1c(S[C@@H](C)C(=O)NCC2CCCCC2)nc2cc(S(=O)(=O)N3CCOCC3)ccc21. The van der Waals surface area contributed by atoms with E-state index in [-0.39, 0.29) is 16.1 Å². The fraction of sp³-hybridized carbons (Fsp3) is 0.652. The lowest BCUT2D eigenvalue weighted by Gasteiger charge is -2.26. The minimum atomic E-state index is -3.59. The summed E-state index contributed by atoms with van der Waals surface area (Å²) in [4.78, 5) is 17.7. The Labute approximate surface area is 200 Å². The van der Waals surface area contributed by atoms with Gasteiger partial charge in [0.15, 0.2) is 5.16 Å². The molecule has 33 heavy (non-hydrogen) atoms. The van der Waals surface area contributed by atoms with Crippen molar-refractivity contribution < 1.29 is 17.9 Å². The number of hydrogen-bond acceptors (Lipinski definition) is 6. The lowest BCUT2D eigenvalue weighted by molar-refractivity contribution is -0.120. The first kappa shape index (κ1) is 24.5. The third-order valence-corrected chi connectivity index (χ3v) is 9.53. The Morgan fingerprint density at radius 2 is 1.97 bits per heavy atom. The smallest absolute Gasteiger partial charge is 0.243 e. The number of ether oxygens (including phenoxy) is 1. The highest BCUT2D eigenvalue weighted by Gasteiger charge is 2.27. The van der Waals surface area contributed by atoms with Gasteiger partial charge in [-0.2, -0.15) is 4.31 Å². The van der Waals surface area contributed by atoms with E-state index in [0.29, 0.717) is 44.3 Å². The zero-order valence-corrected chi connectivity index (χ0v) is 21.1. The van der Waals surface area contributed by atoms with Crippen molar-refractivity contribution in [1.29, 1.82) is 0 Å². The number of imidazole rings is 1. The number of aryl methyl sites for hydroxylation is 1. The number of nitrogens with one attached hydrogen (secondary N) is 1. The van der Waals surface area contributed by atoms with Gasteiger partial charge in [0.05, 0.1) is 34.4 Å². The second kappa shape index (κ2) is 10.8. The van der Waals surface area contributed by atoms with Crippen LogP contribution in [0.3, 0.4) is 0 Å². The molecule has 1 saturated carbocycles. The van der Waals surface area contributed by atoms with Crippen LogP contribution in [0.2, 0.25) is 0 Å². The number of carbonyl (C=O) groups excluding carboxylic acids is 1. The Morgan fingerprint density at radius 3 is 2.67 bits per heavy atom. The quantitative estimate of drug-likeness (QED) is 0.566. The minimum Gasteiger partial charge on any atom is -0.379 e. The topological polar surface area (TPSA) is 93.5 Å². The number of rotatable bonds is 8. The van der Waals surface area contributed by atoms with E-state index in [9.17, 15) is 13.2 Å². The number of aromatic nitrogens is 2. The van der Waals surface area contributed by atoms with Crippen molar-refractivity contribution in [3.05, 3.63) is 18.2 Å². The number of morpholine rings is 1. The van der Waals surface area contributed by atoms with Crippen molar-refractivity contribution in [2.45, 2.75) is 67.8 Å². The summed E-state index contributed by atoms with van der Waals surface area (Å²) in [5, 5.41) is 3.56. The van der Waals surface area contributed by atoms with Crippen LogP contribution >= 0.6 is 11.8 Å². The van der Waals surface area contributed by atoms with Crippen molar-refractivity contribution in [3.63, 3.8) is 0 Å². The van der Waals surface area contributed by atoms with Crippen LogP contribution in [0.1, 0.15) is 46.0 Å². The van der Waals surface area contributed by atoms with E-state index in [4.69, 9.17) is 9.72 Å². The minimum absolute atomic E-state index is 0.0240. The Kier molecular flexibility index (Phi) is 7.99. The molecule has 0 bridgehead atoms. The molecule has 2 aromatic rings. The molecule has 2 aliphatic rings. The summed E-state index contributed by atoms with van der Waals surface area (Å²) in [7, 11) is -3.59. The first-order valence-electron chi connectivity index (χ1n) is 11.9. The van der Waals surface area contributed by atoms with Gasteiger partial charge >= 0.3 is 0 Å². The van der Waals surface area contributed by atoms with Crippen molar-refractivity contribution in [2.75, 3.05) is 32.8 Å². The fourth-order valence-electron chi connectivity index (χ4n) is 4.57. The van der Waals surface area contributed by atoms with E-state index in [2.05, 4.69) is 5.32 Å². The van der Waals surface area contributed by atoms with Crippen LogP contribution in [-0.4, -0.2) is 66.3 Å². The summed E-state index contributed by atoms with van der Waals surface area (Å²) in [5.74, 6) is 0.614. The number of nitrogens with zero attached hydrogens (tertiary/aromatic N) is 3. The molecule has 1 N–H and O–H groups in total. The highest BCUT2D eigenvalue weighted by Crippen LogP contribution is 2.30. The van der Waals surface area contributed by atoms with Crippen LogP contribution in [0.25, 0.3) is 11.0 Å². The zero-order chi connectivity index (χ0) is 23.4. The maximum absolute atomic E-state index is 13.0. The second-order valence-corrected chi connectivity index (χ2v) is 12.1. The maximum Gasteiger partial charge on any atom is 0.243 e. The van der Waals surface area contributed by atoms with Crippen LogP contribution in [0.4, 0.5) is 0 Å². The molecule has 1 saturated heterocycles. The van der Waals surface area contributed by atoms with Gasteiger partial charge in [0.25, 0.3) is 0 Å². The zero-order valence-electron chi connectivity index (χ0n) is 19.5.